The van der Waals surface area contributed by atoms with Crippen molar-refractivity contribution in [2.75, 3.05) is 5.75 Å². The number of urea groups is 1. The van der Waals surface area contributed by atoms with Crippen molar-refractivity contribution < 1.29 is 14.4 Å². The molecule has 0 saturated carbocycles. The first-order chi connectivity index (χ1) is 23.9. The van der Waals surface area contributed by atoms with E-state index in [0.717, 1.165) is 36.3 Å². The lowest BCUT2D eigenvalue weighted by Crippen LogP contribution is -2.46. The Morgan fingerprint density at radius 1 is 0.940 bits per heavy atom. The smallest absolute Gasteiger partial charge is 0.315 e. The minimum Gasteiger partial charge on any atom is -0.352 e. The summed E-state index contributed by atoms with van der Waals surface area (Å²) in [5, 5.41) is 9.41. The van der Waals surface area contributed by atoms with E-state index in [2.05, 4.69) is 35.9 Å². The molecule has 2 fully saturated rings. The van der Waals surface area contributed by atoms with Crippen LogP contribution in [0.3, 0.4) is 0 Å². The number of carbonyl (C=O) groups is 3. The zero-order valence-corrected chi connectivity index (χ0v) is 29.0. The summed E-state index contributed by atoms with van der Waals surface area (Å²) in [6, 6.07) is 14.2. The summed E-state index contributed by atoms with van der Waals surface area (Å²) < 4.78 is 0. The van der Waals surface area contributed by atoms with E-state index in [1.165, 1.54) is 6.08 Å². The lowest BCUT2D eigenvalue weighted by Gasteiger charge is -2.16. The molecule has 0 radical (unpaired) electrons. The van der Waals surface area contributed by atoms with E-state index >= 15 is 0 Å². The number of imidazole rings is 1. The lowest BCUT2D eigenvalue weighted by atomic mass is 9.90. The first kappa shape index (κ1) is 34.7. The molecular weight excluding hydrogens is 655 g/mol. The SMILES string of the molecule is CC(C)(C)c1[nH]cnc1/C=c1\[nH]c(=O)/c(=C/c2cccc(C(=O)c3cccc(CNC(=O)CCCCC4SC[C@H]5NC(=O)N[C@@H]45)c3)c2)[nH]c1=O. The number of thioether (sulfide) groups is 1. The molecule has 3 atom stereocenters. The number of nitrogens with one attached hydrogen (secondary N) is 6. The molecule has 50 heavy (non-hydrogen) atoms. The number of H-pyrrole nitrogens is 3. The molecule has 4 aromatic rings. The summed E-state index contributed by atoms with van der Waals surface area (Å²) in [6.07, 6.45) is 7.65. The van der Waals surface area contributed by atoms with Gasteiger partial charge in [-0.3, -0.25) is 19.2 Å². The Morgan fingerprint density at radius 2 is 1.66 bits per heavy atom. The van der Waals surface area contributed by atoms with Gasteiger partial charge in [-0.05, 0) is 48.3 Å². The molecule has 2 aromatic heterocycles. The average Bonchev–Trinajstić information content (AvgIpc) is 3.81. The molecule has 2 aliphatic rings. The van der Waals surface area contributed by atoms with Crippen molar-refractivity contribution in [1.29, 1.82) is 0 Å². The fourth-order valence-electron chi connectivity index (χ4n) is 6.34. The van der Waals surface area contributed by atoms with Crippen molar-refractivity contribution in [2.24, 2.45) is 0 Å². The van der Waals surface area contributed by atoms with Crippen molar-refractivity contribution in [3.8, 4) is 0 Å². The fraction of sp³-hybridized carbons (Fsp3) is 0.351. The number of hydrogen-bond donors (Lipinski definition) is 6. The lowest BCUT2D eigenvalue weighted by molar-refractivity contribution is -0.121. The number of ketones is 1. The van der Waals surface area contributed by atoms with Crippen LogP contribution >= 0.6 is 11.8 Å². The van der Waals surface area contributed by atoms with Crippen molar-refractivity contribution in [1.82, 2.24) is 35.9 Å². The molecule has 1 unspecified atom stereocenters. The largest absolute Gasteiger partial charge is 0.352 e. The Labute approximate surface area is 292 Å². The summed E-state index contributed by atoms with van der Waals surface area (Å²) >= 11 is 1.87. The molecule has 2 aromatic carbocycles. The summed E-state index contributed by atoms with van der Waals surface area (Å²) in [4.78, 5) is 76.1. The van der Waals surface area contributed by atoms with Gasteiger partial charge in [0.15, 0.2) is 5.78 Å². The van der Waals surface area contributed by atoms with E-state index in [0.29, 0.717) is 40.6 Å². The quantitative estimate of drug-likeness (QED) is 0.0791. The van der Waals surface area contributed by atoms with Crippen LogP contribution in [0, 0.1) is 0 Å². The van der Waals surface area contributed by atoms with Gasteiger partial charge in [0, 0.05) is 46.2 Å². The molecule has 6 rings (SSSR count). The molecule has 260 valence electrons. The van der Waals surface area contributed by atoms with Crippen LogP contribution in [0.2, 0.25) is 0 Å². The number of hydrogen-bond acceptors (Lipinski definition) is 7. The topological polar surface area (TPSA) is 182 Å². The van der Waals surface area contributed by atoms with Crippen LogP contribution in [-0.2, 0) is 16.8 Å². The van der Waals surface area contributed by atoms with E-state index in [1.807, 2.05) is 38.6 Å². The monoisotopic (exact) mass is 695 g/mol. The van der Waals surface area contributed by atoms with Crippen LogP contribution in [0.25, 0.3) is 12.2 Å². The minimum absolute atomic E-state index is 0.0486. The van der Waals surface area contributed by atoms with Crippen LogP contribution in [0.4, 0.5) is 4.79 Å². The average molecular weight is 696 g/mol. The van der Waals surface area contributed by atoms with Crippen molar-refractivity contribution in [3.63, 3.8) is 0 Å². The second kappa shape index (κ2) is 14.8. The first-order valence-corrected chi connectivity index (χ1v) is 17.8. The van der Waals surface area contributed by atoms with E-state index in [-0.39, 0.29) is 45.9 Å². The number of unbranched alkanes of at least 4 members (excludes halogenated alkanes) is 1. The van der Waals surface area contributed by atoms with Crippen molar-refractivity contribution >= 4 is 41.6 Å². The number of aromatic amines is 3. The molecule has 12 nitrogen and oxygen atoms in total. The Bertz CT molecular complexity index is 2160. The van der Waals surface area contributed by atoms with Crippen LogP contribution in [0.5, 0.6) is 0 Å². The maximum absolute atomic E-state index is 13.5. The fourth-order valence-corrected chi connectivity index (χ4v) is 7.88. The van der Waals surface area contributed by atoms with E-state index in [4.69, 9.17) is 0 Å². The van der Waals surface area contributed by atoms with Gasteiger partial charge >= 0.3 is 6.03 Å². The molecule has 6 N–H and O–H groups in total. The molecule has 2 saturated heterocycles. The van der Waals surface area contributed by atoms with Crippen LogP contribution < -0.4 is 37.8 Å². The normalized spacial score (nSPS) is 19.3. The number of aromatic nitrogens is 4. The Hall–Kier alpha value is -5.17. The second-order valence-electron chi connectivity index (χ2n) is 13.7. The zero-order valence-electron chi connectivity index (χ0n) is 28.2. The molecule has 0 spiro atoms. The predicted molar refractivity (Wildman–Crippen MR) is 193 cm³/mol. The summed E-state index contributed by atoms with van der Waals surface area (Å²) in [7, 11) is 0. The number of amides is 3. The van der Waals surface area contributed by atoms with Crippen molar-refractivity contribution in [3.05, 3.63) is 120 Å². The van der Waals surface area contributed by atoms with Crippen LogP contribution in [0.1, 0.15) is 84.9 Å². The Morgan fingerprint density at radius 3 is 2.42 bits per heavy atom. The van der Waals surface area contributed by atoms with Gasteiger partial charge in [-0.2, -0.15) is 11.8 Å². The van der Waals surface area contributed by atoms with Gasteiger partial charge in [0.1, 0.15) is 10.7 Å². The number of fused-ring (bicyclic) bond motifs is 1. The van der Waals surface area contributed by atoms with Crippen LogP contribution in [0.15, 0.2) is 64.4 Å². The second-order valence-corrected chi connectivity index (χ2v) is 15.0. The van der Waals surface area contributed by atoms with Gasteiger partial charge in [-0.25, -0.2) is 9.78 Å². The summed E-state index contributed by atoms with van der Waals surface area (Å²) in [5.41, 5.74) is 2.45. The van der Waals surface area contributed by atoms with E-state index in [1.54, 1.807) is 54.9 Å². The third-order valence-electron chi connectivity index (χ3n) is 8.90. The maximum Gasteiger partial charge on any atom is 0.315 e. The van der Waals surface area contributed by atoms with Crippen LogP contribution in [-0.4, -0.2) is 60.7 Å². The Balaban J connectivity index is 1.06. The summed E-state index contributed by atoms with van der Waals surface area (Å²) in [6.45, 7) is 6.36. The standard InChI is InChI=1S/C37H41N7O5S/c1-37(2,3)33-25(39-20-40-33)17-27-35(48)41-26(34(47)42-27)16-21-8-6-10-23(14-21)32(46)24-11-7-9-22(15-24)18-38-30(45)13-5-4-12-29-31-28(19-50-29)43-36(49)44-31/h6-11,14-17,20,28-29,31H,4-5,12-13,18-19H2,1-3H3,(H,38,45)(H,39,40)(H,41,48)(H,42,47)(H2,43,44,49)/b26-16-,27-17-/t28-,29?,31-/m1/s1. The maximum atomic E-state index is 13.5. The molecule has 2 aliphatic heterocycles. The number of benzene rings is 2. The first-order valence-electron chi connectivity index (χ1n) is 16.7. The highest BCUT2D eigenvalue weighted by molar-refractivity contribution is 8.00. The third-order valence-corrected chi connectivity index (χ3v) is 10.4. The highest BCUT2D eigenvalue weighted by Gasteiger charge is 2.42. The van der Waals surface area contributed by atoms with Gasteiger partial charge < -0.3 is 30.9 Å². The minimum atomic E-state index is -0.488. The van der Waals surface area contributed by atoms with Gasteiger partial charge in [-0.15, -0.1) is 0 Å². The summed E-state index contributed by atoms with van der Waals surface area (Å²) in [5.74, 6) is 0.659. The molecular formula is C37H41N7O5S. The zero-order chi connectivity index (χ0) is 35.4. The van der Waals surface area contributed by atoms with Crippen molar-refractivity contribution in [2.45, 2.75) is 75.7 Å². The highest BCUT2D eigenvalue weighted by atomic mass is 32.2. The third kappa shape index (κ3) is 8.16. The van der Waals surface area contributed by atoms with Gasteiger partial charge in [0.05, 0.1) is 24.1 Å². The molecule has 0 aliphatic carbocycles. The van der Waals surface area contributed by atoms with E-state index in [9.17, 15) is 24.0 Å². The van der Waals surface area contributed by atoms with E-state index < -0.39 is 11.1 Å². The molecule has 13 heteroatoms. The number of rotatable bonds is 11. The molecule has 4 heterocycles. The molecule has 3 amide bonds. The number of carbonyl (C=O) groups excluding carboxylic acids is 3. The Kier molecular flexibility index (Phi) is 10.2. The van der Waals surface area contributed by atoms with Gasteiger partial charge in [-0.1, -0.05) is 63.6 Å². The molecule has 0 bridgehead atoms. The predicted octanol–water partition coefficient (Wildman–Crippen LogP) is 2.31. The highest BCUT2D eigenvalue weighted by Crippen LogP contribution is 2.33. The van der Waals surface area contributed by atoms with Gasteiger partial charge in [0.25, 0.3) is 11.1 Å². The number of nitrogens with zero attached hydrogens (tertiary/aromatic N) is 1. The van der Waals surface area contributed by atoms with Gasteiger partial charge in [0.2, 0.25) is 5.91 Å².